The highest BCUT2D eigenvalue weighted by molar-refractivity contribution is 7.92. The van der Waals surface area contributed by atoms with Crippen LogP contribution in [0.15, 0.2) is 28.0 Å². The molecule has 7 nitrogen and oxygen atoms in total. The van der Waals surface area contributed by atoms with Crippen molar-refractivity contribution in [1.82, 2.24) is 9.55 Å². The van der Waals surface area contributed by atoms with Gasteiger partial charge in [-0.2, -0.15) is 0 Å². The van der Waals surface area contributed by atoms with E-state index in [1.807, 2.05) is 20.8 Å². The molecule has 1 unspecified atom stereocenters. The number of anilines is 1. The van der Waals surface area contributed by atoms with Crippen molar-refractivity contribution in [3.8, 4) is 0 Å². The average Bonchev–Trinajstić information content (AvgIpc) is 3.36. The molecule has 1 amide bonds. The molecule has 0 aliphatic heterocycles. The topological polar surface area (TPSA) is 98.1 Å². The van der Waals surface area contributed by atoms with Crippen molar-refractivity contribution in [2.75, 3.05) is 5.32 Å². The minimum absolute atomic E-state index is 0.0281. The first kappa shape index (κ1) is 22.0. The van der Waals surface area contributed by atoms with E-state index in [4.69, 9.17) is 11.6 Å². The van der Waals surface area contributed by atoms with E-state index in [2.05, 4.69) is 10.3 Å². The minimum Gasteiger partial charge on any atom is -0.300 e. The van der Waals surface area contributed by atoms with Gasteiger partial charge in [-0.15, -0.1) is 0 Å². The molecule has 2 aromatic heterocycles. The molecular weight excluding hydrogens is 434 g/mol. The number of hydrogen-bond donors (Lipinski definition) is 1. The first-order valence-corrected chi connectivity index (χ1v) is 12.0. The molecule has 0 radical (unpaired) electrons. The highest BCUT2D eigenvalue weighted by Crippen LogP contribution is 2.34. The zero-order chi connectivity index (χ0) is 21.6. The van der Waals surface area contributed by atoms with Crippen molar-refractivity contribution in [1.29, 1.82) is 0 Å². The number of amides is 1. The fourth-order valence-corrected chi connectivity index (χ4v) is 5.76. The molecule has 158 valence electrons. The maximum Gasteiger partial charge on any atom is 0.252 e. The second-order valence-corrected chi connectivity index (χ2v) is 12.4. The second kappa shape index (κ2) is 7.85. The van der Waals surface area contributed by atoms with Gasteiger partial charge in [-0.1, -0.05) is 43.7 Å². The Morgan fingerprint density at radius 3 is 2.52 bits per heavy atom. The van der Waals surface area contributed by atoms with Crippen LogP contribution < -0.4 is 10.9 Å². The number of hydrogen-bond acceptors (Lipinski definition) is 6. The van der Waals surface area contributed by atoms with E-state index >= 15 is 0 Å². The van der Waals surface area contributed by atoms with Crippen LogP contribution in [0, 0.1) is 12.3 Å². The Labute approximate surface area is 179 Å². The number of aromatic nitrogens is 2. The van der Waals surface area contributed by atoms with Crippen LogP contribution in [0.25, 0.3) is 0 Å². The molecule has 0 saturated heterocycles. The molecule has 10 heteroatoms. The van der Waals surface area contributed by atoms with Crippen molar-refractivity contribution in [3.05, 3.63) is 38.7 Å². The van der Waals surface area contributed by atoms with E-state index in [0.29, 0.717) is 34.4 Å². The van der Waals surface area contributed by atoms with E-state index < -0.39 is 32.6 Å². The predicted molar refractivity (Wildman–Crippen MR) is 115 cm³/mol. The predicted octanol–water partition coefficient (Wildman–Crippen LogP) is 3.82. The molecule has 2 aromatic rings. The summed E-state index contributed by atoms with van der Waals surface area (Å²) in [5.41, 5.74) is -0.336. The third-order valence-corrected chi connectivity index (χ3v) is 7.93. The van der Waals surface area contributed by atoms with Gasteiger partial charge in [0.25, 0.3) is 5.56 Å². The summed E-state index contributed by atoms with van der Waals surface area (Å²) in [5, 5.41) is 2.66. The molecule has 2 heterocycles. The SMILES string of the molecule is Cc1cc(S(=O)(=O)C2CC2)cc(=O)n1C(CC(C)(C)C)C(=O)Nc1ncc(Cl)s1. The number of nitrogens with one attached hydrogen (secondary N) is 1. The van der Waals surface area contributed by atoms with E-state index in [-0.39, 0.29) is 10.3 Å². The fraction of sp³-hybridized carbons (Fsp3) is 0.526. The van der Waals surface area contributed by atoms with Gasteiger partial charge in [0.2, 0.25) is 5.91 Å². The zero-order valence-corrected chi connectivity index (χ0v) is 19.1. The number of halogens is 1. The van der Waals surface area contributed by atoms with Gasteiger partial charge in [0.1, 0.15) is 10.4 Å². The summed E-state index contributed by atoms with van der Waals surface area (Å²) in [4.78, 5) is 30.0. The number of rotatable bonds is 6. The number of carbonyl (C=O) groups is 1. The number of pyridine rings is 1. The Kier molecular flexibility index (Phi) is 5.95. The summed E-state index contributed by atoms with van der Waals surface area (Å²) in [6.45, 7) is 7.57. The van der Waals surface area contributed by atoms with E-state index in [0.717, 1.165) is 17.4 Å². The van der Waals surface area contributed by atoms with Crippen molar-refractivity contribution in [3.63, 3.8) is 0 Å². The van der Waals surface area contributed by atoms with Gasteiger partial charge in [0.05, 0.1) is 16.3 Å². The molecule has 1 aliphatic rings. The van der Waals surface area contributed by atoms with Gasteiger partial charge >= 0.3 is 0 Å². The standard InChI is InChI=1S/C19H24ClN3O4S2/c1-11-7-13(29(26,27)12-5-6-12)8-16(24)23(11)14(9-19(2,3)4)17(25)22-18-21-10-15(20)28-18/h7-8,10,12,14H,5-6,9H2,1-4H3,(H,21,22,25). The monoisotopic (exact) mass is 457 g/mol. The molecule has 29 heavy (non-hydrogen) atoms. The Hall–Kier alpha value is -1.71. The van der Waals surface area contributed by atoms with Crippen LogP contribution in [-0.4, -0.2) is 29.1 Å². The van der Waals surface area contributed by atoms with Crippen LogP contribution in [0.1, 0.15) is 51.8 Å². The number of thiazole rings is 1. The van der Waals surface area contributed by atoms with Crippen LogP contribution in [0.3, 0.4) is 0 Å². The minimum atomic E-state index is -3.49. The lowest BCUT2D eigenvalue weighted by Gasteiger charge is -2.28. The molecule has 1 atom stereocenters. The normalized spacial score (nSPS) is 15.9. The number of aryl methyl sites for hydroxylation is 1. The van der Waals surface area contributed by atoms with Gasteiger partial charge in [0.15, 0.2) is 15.0 Å². The quantitative estimate of drug-likeness (QED) is 0.710. The molecule has 1 N–H and O–H groups in total. The van der Waals surface area contributed by atoms with Gasteiger partial charge < -0.3 is 9.88 Å². The zero-order valence-electron chi connectivity index (χ0n) is 16.7. The molecule has 0 spiro atoms. The van der Waals surface area contributed by atoms with Crippen LogP contribution in [-0.2, 0) is 14.6 Å². The van der Waals surface area contributed by atoms with Crippen molar-refractivity contribution in [2.24, 2.45) is 5.41 Å². The summed E-state index contributed by atoms with van der Waals surface area (Å²) in [7, 11) is -3.49. The first-order chi connectivity index (χ1) is 13.4. The van der Waals surface area contributed by atoms with Crippen LogP contribution >= 0.6 is 22.9 Å². The maximum absolute atomic E-state index is 13.0. The highest BCUT2D eigenvalue weighted by Gasteiger charge is 2.38. The molecule has 1 aliphatic carbocycles. The second-order valence-electron chi connectivity index (χ2n) is 8.52. The van der Waals surface area contributed by atoms with Gasteiger partial charge in [-0.3, -0.25) is 9.59 Å². The summed E-state index contributed by atoms with van der Waals surface area (Å²) in [5.74, 6) is -0.394. The molecule has 0 bridgehead atoms. The largest absolute Gasteiger partial charge is 0.300 e. The average molecular weight is 458 g/mol. The molecule has 3 rings (SSSR count). The summed E-state index contributed by atoms with van der Waals surface area (Å²) in [6, 6.07) is 1.80. The summed E-state index contributed by atoms with van der Waals surface area (Å²) < 4.78 is 26.9. The number of carbonyl (C=O) groups excluding carboxylic acids is 1. The van der Waals surface area contributed by atoms with Crippen molar-refractivity contribution in [2.45, 2.75) is 63.1 Å². The number of sulfone groups is 1. The molecule has 1 fully saturated rings. The van der Waals surface area contributed by atoms with E-state index in [1.54, 1.807) is 6.92 Å². The summed E-state index contributed by atoms with van der Waals surface area (Å²) >= 11 is 7.01. The highest BCUT2D eigenvalue weighted by atomic mass is 35.5. The van der Waals surface area contributed by atoms with Gasteiger partial charge in [-0.05, 0) is 37.7 Å². The molecule has 1 saturated carbocycles. The molecule has 0 aromatic carbocycles. The van der Waals surface area contributed by atoms with Crippen LogP contribution in [0.5, 0.6) is 0 Å². The van der Waals surface area contributed by atoms with E-state index in [1.165, 1.54) is 16.8 Å². The third-order valence-electron chi connectivity index (χ3n) is 4.65. The third kappa shape index (κ3) is 5.07. The van der Waals surface area contributed by atoms with Crippen molar-refractivity contribution < 1.29 is 13.2 Å². The van der Waals surface area contributed by atoms with Crippen LogP contribution in [0.4, 0.5) is 5.13 Å². The number of nitrogens with zero attached hydrogens (tertiary/aromatic N) is 2. The van der Waals surface area contributed by atoms with Crippen molar-refractivity contribution >= 4 is 43.8 Å². The lowest BCUT2D eigenvalue weighted by molar-refractivity contribution is -0.120. The lowest BCUT2D eigenvalue weighted by Crippen LogP contribution is -2.37. The Bertz CT molecular complexity index is 1100. The van der Waals surface area contributed by atoms with E-state index in [9.17, 15) is 18.0 Å². The van der Waals surface area contributed by atoms with Crippen LogP contribution in [0.2, 0.25) is 4.34 Å². The Balaban J connectivity index is 2.01. The Morgan fingerprint density at radius 1 is 1.38 bits per heavy atom. The lowest BCUT2D eigenvalue weighted by atomic mass is 9.87. The first-order valence-electron chi connectivity index (χ1n) is 9.28. The fourth-order valence-electron chi connectivity index (χ4n) is 3.20. The summed E-state index contributed by atoms with van der Waals surface area (Å²) in [6.07, 6.45) is 3.06. The van der Waals surface area contributed by atoms with Gasteiger partial charge in [-0.25, -0.2) is 13.4 Å². The van der Waals surface area contributed by atoms with Gasteiger partial charge in [0, 0.05) is 11.8 Å². The molecular formula is C19H24ClN3O4S2. The smallest absolute Gasteiger partial charge is 0.252 e. The maximum atomic E-state index is 13.0. The Morgan fingerprint density at radius 2 is 2.03 bits per heavy atom.